The van der Waals surface area contributed by atoms with E-state index in [1.54, 1.807) is 12.1 Å². The molecule has 8 heteroatoms. The van der Waals surface area contributed by atoms with E-state index in [1.165, 1.54) is 6.26 Å². The number of nitrogens with one attached hydrogen (secondary N) is 3. The van der Waals surface area contributed by atoms with Crippen molar-refractivity contribution in [2.45, 2.75) is 39.0 Å². The molecule has 0 spiro atoms. The van der Waals surface area contributed by atoms with E-state index >= 15 is 0 Å². The molecule has 0 aromatic carbocycles. The molecule has 2 amide bonds. The normalized spacial score (nSPS) is 15.4. The number of furan rings is 1. The number of guanidine groups is 1. The lowest BCUT2D eigenvalue weighted by Gasteiger charge is -2.20. The van der Waals surface area contributed by atoms with Crippen molar-refractivity contribution in [2.75, 3.05) is 39.3 Å². The van der Waals surface area contributed by atoms with Gasteiger partial charge in [-0.3, -0.25) is 14.6 Å². The highest BCUT2D eigenvalue weighted by atomic mass is 16.3. The molecule has 0 saturated carbocycles. The van der Waals surface area contributed by atoms with Crippen LogP contribution in [0.1, 0.15) is 49.6 Å². The van der Waals surface area contributed by atoms with Crippen molar-refractivity contribution < 1.29 is 14.0 Å². The molecule has 2 heterocycles. The van der Waals surface area contributed by atoms with Gasteiger partial charge >= 0.3 is 0 Å². The second-order valence-electron chi connectivity index (χ2n) is 6.47. The maximum atomic E-state index is 12.0. The smallest absolute Gasteiger partial charge is 0.287 e. The van der Waals surface area contributed by atoms with Crippen LogP contribution in [0.5, 0.6) is 0 Å². The number of amides is 2. The van der Waals surface area contributed by atoms with Crippen LogP contribution in [0.25, 0.3) is 0 Å². The molecule has 2 rings (SSSR count). The minimum Gasteiger partial charge on any atom is -0.459 e. The Bertz CT molecular complexity index is 600. The first-order valence-electron chi connectivity index (χ1n) is 9.82. The molecule has 0 aliphatic carbocycles. The minimum absolute atomic E-state index is 0.231. The number of likely N-dealkylation sites (tertiary alicyclic amines) is 1. The van der Waals surface area contributed by atoms with Gasteiger partial charge in [0.1, 0.15) is 0 Å². The number of carbonyl (C=O) groups is 2. The number of rotatable bonds is 9. The lowest BCUT2D eigenvalue weighted by atomic mass is 10.2. The largest absolute Gasteiger partial charge is 0.459 e. The molecule has 27 heavy (non-hydrogen) atoms. The van der Waals surface area contributed by atoms with Crippen LogP contribution in [0.15, 0.2) is 27.8 Å². The van der Waals surface area contributed by atoms with Crippen molar-refractivity contribution in [3.8, 4) is 0 Å². The van der Waals surface area contributed by atoms with Gasteiger partial charge in [-0.05, 0) is 38.3 Å². The summed E-state index contributed by atoms with van der Waals surface area (Å²) in [6.45, 7) is 6.07. The maximum absolute atomic E-state index is 12.0. The molecule has 1 aliphatic rings. The second-order valence-corrected chi connectivity index (χ2v) is 6.47. The third kappa shape index (κ3) is 7.72. The summed E-state index contributed by atoms with van der Waals surface area (Å²) in [5, 5.41) is 9.16. The van der Waals surface area contributed by atoms with Crippen LogP contribution in [0.4, 0.5) is 0 Å². The first-order chi connectivity index (χ1) is 13.2. The van der Waals surface area contributed by atoms with Crippen LogP contribution in [-0.2, 0) is 4.79 Å². The first kappa shape index (κ1) is 20.8. The molecule has 1 fully saturated rings. The van der Waals surface area contributed by atoms with Gasteiger partial charge in [-0.25, -0.2) is 0 Å². The number of hydrogen-bond acceptors (Lipinski definition) is 4. The van der Waals surface area contributed by atoms with E-state index in [9.17, 15) is 9.59 Å². The summed E-state index contributed by atoms with van der Waals surface area (Å²) < 4.78 is 5.05. The minimum atomic E-state index is -0.231. The molecule has 0 unspecified atom stereocenters. The Morgan fingerprint density at radius 1 is 1.22 bits per heavy atom. The summed E-state index contributed by atoms with van der Waals surface area (Å²) >= 11 is 0. The lowest BCUT2D eigenvalue weighted by molar-refractivity contribution is -0.130. The molecule has 150 valence electrons. The van der Waals surface area contributed by atoms with Crippen molar-refractivity contribution in [2.24, 2.45) is 4.99 Å². The third-order valence-corrected chi connectivity index (χ3v) is 4.32. The molecule has 8 nitrogen and oxygen atoms in total. The number of nitrogens with zero attached hydrogens (tertiary/aromatic N) is 2. The Labute approximate surface area is 160 Å². The predicted octanol–water partition coefficient (Wildman–Crippen LogP) is 1.36. The van der Waals surface area contributed by atoms with Crippen LogP contribution in [0, 0.1) is 0 Å². The van der Waals surface area contributed by atoms with E-state index in [0.29, 0.717) is 37.8 Å². The van der Waals surface area contributed by atoms with E-state index in [2.05, 4.69) is 20.9 Å². The van der Waals surface area contributed by atoms with Crippen LogP contribution in [-0.4, -0.2) is 61.9 Å². The Balaban J connectivity index is 1.65. The standard InChI is InChI=1S/C19H31N5O3/c1-2-20-19(23-12-11-21-18(26)16-8-6-15-27-16)22-10-7-14-24-13-5-3-4-9-17(24)25/h6,8,15H,2-5,7,9-14H2,1H3,(H,21,26)(H2,20,22,23). The molecule has 0 radical (unpaired) electrons. The Kier molecular flexibility index (Phi) is 9.23. The predicted molar refractivity (Wildman–Crippen MR) is 105 cm³/mol. The number of aliphatic imine (C=N–C) groups is 1. The molecular formula is C19H31N5O3. The fraction of sp³-hybridized carbons (Fsp3) is 0.632. The van der Waals surface area contributed by atoms with E-state index in [0.717, 1.165) is 45.3 Å². The summed E-state index contributed by atoms with van der Waals surface area (Å²) in [5.41, 5.74) is 0. The Hall–Kier alpha value is -2.51. The van der Waals surface area contributed by atoms with E-state index in [1.807, 2.05) is 11.8 Å². The van der Waals surface area contributed by atoms with Gasteiger partial charge in [0.2, 0.25) is 5.91 Å². The summed E-state index contributed by atoms with van der Waals surface area (Å²) in [6.07, 6.45) is 6.25. The summed E-state index contributed by atoms with van der Waals surface area (Å²) in [7, 11) is 0. The van der Waals surface area contributed by atoms with Crippen molar-refractivity contribution in [1.82, 2.24) is 20.9 Å². The summed E-state index contributed by atoms with van der Waals surface area (Å²) in [5.74, 6) is 1.06. The molecule has 1 saturated heterocycles. The highest BCUT2D eigenvalue weighted by Crippen LogP contribution is 2.11. The highest BCUT2D eigenvalue weighted by molar-refractivity contribution is 5.91. The SMILES string of the molecule is CCNC(=NCCCN1CCCCCC1=O)NCCNC(=O)c1ccco1. The van der Waals surface area contributed by atoms with E-state index in [4.69, 9.17) is 4.42 Å². The van der Waals surface area contributed by atoms with Gasteiger partial charge in [-0.15, -0.1) is 0 Å². The van der Waals surface area contributed by atoms with E-state index in [-0.39, 0.29) is 11.8 Å². The average molecular weight is 377 g/mol. The van der Waals surface area contributed by atoms with E-state index < -0.39 is 0 Å². The van der Waals surface area contributed by atoms with Gasteiger partial charge in [0, 0.05) is 45.7 Å². The lowest BCUT2D eigenvalue weighted by Crippen LogP contribution is -2.41. The topological polar surface area (TPSA) is 99.0 Å². The van der Waals surface area contributed by atoms with Crippen LogP contribution >= 0.6 is 0 Å². The molecule has 1 aromatic heterocycles. The zero-order valence-corrected chi connectivity index (χ0v) is 16.1. The number of hydrogen-bond donors (Lipinski definition) is 3. The van der Waals surface area contributed by atoms with Crippen LogP contribution < -0.4 is 16.0 Å². The zero-order chi connectivity index (χ0) is 19.3. The van der Waals surface area contributed by atoms with Gasteiger partial charge in [0.15, 0.2) is 11.7 Å². The first-order valence-corrected chi connectivity index (χ1v) is 9.82. The molecule has 1 aromatic rings. The van der Waals surface area contributed by atoms with Crippen molar-refractivity contribution in [3.63, 3.8) is 0 Å². The van der Waals surface area contributed by atoms with Gasteiger partial charge in [-0.2, -0.15) is 0 Å². The zero-order valence-electron chi connectivity index (χ0n) is 16.1. The van der Waals surface area contributed by atoms with Crippen LogP contribution in [0.2, 0.25) is 0 Å². The van der Waals surface area contributed by atoms with Gasteiger partial charge in [-0.1, -0.05) is 6.42 Å². The van der Waals surface area contributed by atoms with Crippen molar-refractivity contribution in [1.29, 1.82) is 0 Å². The molecule has 3 N–H and O–H groups in total. The van der Waals surface area contributed by atoms with Crippen LogP contribution in [0.3, 0.4) is 0 Å². The van der Waals surface area contributed by atoms with Gasteiger partial charge < -0.3 is 25.3 Å². The third-order valence-electron chi connectivity index (χ3n) is 4.32. The van der Waals surface area contributed by atoms with Gasteiger partial charge in [0.25, 0.3) is 5.91 Å². The number of carbonyl (C=O) groups excluding carboxylic acids is 2. The molecule has 0 atom stereocenters. The molecular weight excluding hydrogens is 346 g/mol. The summed E-state index contributed by atoms with van der Waals surface area (Å²) in [4.78, 5) is 30.3. The average Bonchev–Trinajstić information content (AvgIpc) is 3.13. The van der Waals surface area contributed by atoms with Gasteiger partial charge in [0.05, 0.1) is 6.26 Å². The Morgan fingerprint density at radius 3 is 2.85 bits per heavy atom. The molecule has 0 bridgehead atoms. The monoisotopic (exact) mass is 377 g/mol. The fourth-order valence-electron chi connectivity index (χ4n) is 2.92. The maximum Gasteiger partial charge on any atom is 0.287 e. The highest BCUT2D eigenvalue weighted by Gasteiger charge is 2.15. The second kappa shape index (κ2) is 12.0. The van der Waals surface area contributed by atoms with Crippen molar-refractivity contribution in [3.05, 3.63) is 24.2 Å². The molecule has 1 aliphatic heterocycles. The fourth-order valence-corrected chi connectivity index (χ4v) is 2.92. The Morgan fingerprint density at radius 2 is 2.07 bits per heavy atom. The summed E-state index contributed by atoms with van der Waals surface area (Å²) in [6, 6.07) is 3.31. The quantitative estimate of drug-likeness (QED) is 0.343. The van der Waals surface area contributed by atoms with Crippen molar-refractivity contribution >= 4 is 17.8 Å².